The van der Waals surface area contributed by atoms with E-state index in [1.807, 2.05) is 0 Å². The quantitative estimate of drug-likeness (QED) is 0.515. The van der Waals surface area contributed by atoms with Crippen molar-refractivity contribution in [3.63, 3.8) is 0 Å². The van der Waals surface area contributed by atoms with Crippen molar-refractivity contribution in [2.75, 3.05) is 0 Å². The van der Waals surface area contributed by atoms with Crippen LogP contribution in [-0.2, 0) is 0 Å². The van der Waals surface area contributed by atoms with E-state index in [-0.39, 0.29) is 31.1 Å². The van der Waals surface area contributed by atoms with E-state index in [4.69, 9.17) is 5.41 Å². The van der Waals surface area contributed by atoms with Crippen molar-refractivity contribution in [1.29, 1.82) is 0 Å². The molecule has 7 heavy (non-hydrogen) atoms. The van der Waals surface area contributed by atoms with E-state index in [2.05, 4.69) is 6.08 Å². The molecule has 2 heteroatoms. The Hall–Kier alpha value is 0.462. The number of hydrogen-bond donors (Lipinski definition) is 0. The fourth-order valence-corrected chi connectivity index (χ4v) is 0.209. The Morgan fingerprint density at radius 2 is 2.14 bits per heavy atom. The molecule has 0 atom stereocenters. The fourth-order valence-electron chi connectivity index (χ4n) is 0.209. The van der Waals surface area contributed by atoms with Gasteiger partial charge in [0.15, 0.2) is 0 Å². The first-order valence-corrected chi connectivity index (χ1v) is 1.80. The Labute approximate surface area is 68.1 Å². The molecule has 0 saturated carbocycles. The van der Waals surface area contributed by atoms with Gasteiger partial charge in [-0.1, -0.05) is 0 Å². The Morgan fingerprint density at radius 1 is 1.71 bits per heavy atom. The van der Waals surface area contributed by atoms with Gasteiger partial charge in [-0.2, -0.15) is 0 Å². The van der Waals surface area contributed by atoms with E-state index in [1.54, 1.807) is 13.8 Å². The third-order valence-electron chi connectivity index (χ3n) is 0.353. The molecular weight excluding hydrogens is 312 g/mol. The molecule has 0 unspecified atom stereocenters. The van der Waals surface area contributed by atoms with Crippen LogP contribution >= 0.6 is 0 Å². The van der Waals surface area contributed by atoms with Crippen LogP contribution < -0.4 is 0 Å². The van der Waals surface area contributed by atoms with E-state index in [1.165, 1.54) is 6.08 Å². The van der Waals surface area contributed by atoms with Crippen molar-refractivity contribution in [1.82, 2.24) is 0 Å². The Morgan fingerprint density at radius 3 is 2.14 bits per heavy atom. The van der Waals surface area contributed by atoms with Gasteiger partial charge in [0.25, 0.3) is 0 Å². The minimum absolute atomic E-state index is 0. The molecule has 0 aromatic rings. The molecule has 1 nitrogen and oxygen atoms in total. The summed E-state index contributed by atoms with van der Waals surface area (Å²) >= 11 is 0. The third kappa shape index (κ3) is 10.7. The second-order valence-electron chi connectivity index (χ2n) is 1.07. The Balaban J connectivity index is 0. The summed E-state index contributed by atoms with van der Waals surface area (Å²) in [5.41, 5.74) is 0.303. The van der Waals surface area contributed by atoms with Gasteiger partial charge in [-0.05, 0) is 0 Å². The predicted molar refractivity (Wildman–Crippen MR) is 27.5 cm³/mol. The van der Waals surface area contributed by atoms with Crippen molar-refractivity contribution in [3.05, 3.63) is 17.6 Å². The van der Waals surface area contributed by atoms with Crippen LogP contribution in [0.25, 0.3) is 5.41 Å². The van der Waals surface area contributed by atoms with Crippen LogP contribution in [0.5, 0.6) is 0 Å². The van der Waals surface area contributed by atoms with Gasteiger partial charge in [0, 0.05) is 0 Å². The molecule has 0 spiro atoms. The van der Waals surface area contributed by atoms with Gasteiger partial charge in [-0.15, -0.1) is 13.8 Å². The summed E-state index contributed by atoms with van der Waals surface area (Å²) in [5.74, 6) is 0. The summed E-state index contributed by atoms with van der Waals surface area (Å²) in [4.78, 5) is 0. The van der Waals surface area contributed by atoms with Crippen LogP contribution in [0.2, 0.25) is 0 Å². The minimum atomic E-state index is 0. The number of hydrogen-bond acceptors (Lipinski definition) is 0. The molecule has 0 aromatic heterocycles. The molecule has 0 heterocycles. The molecule has 0 fully saturated rings. The van der Waals surface area contributed by atoms with Crippen LogP contribution in [0.4, 0.5) is 0 Å². The molecule has 0 aromatic carbocycles. The zero-order chi connectivity index (χ0) is 4.99. The predicted octanol–water partition coefficient (Wildman–Crippen LogP) is 1.40. The Kier molecular flexibility index (Phi) is 9.64. The van der Waals surface area contributed by atoms with Crippen LogP contribution in [0, 0.1) is 37.2 Å². The monoisotopic (exact) mass is 319 g/mol. The van der Waals surface area contributed by atoms with Gasteiger partial charge >= 0.3 is 31.1 Å². The van der Waals surface area contributed by atoms with Gasteiger partial charge < -0.3 is 11.1 Å². The Bertz CT molecular complexity index is 76.1. The first-order valence-electron chi connectivity index (χ1n) is 1.80. The molecule has 36 valence electrons. The van der Waals surface area contributed by atoms with Gasteiger partial charge in [0.05, 0.1) is 0 Å². The summed E-state index contributed by atoms with van der Waals surface area (Å²) in [7, 11) is 0. The van der Waals surface area contributed by atoms with Gasteiger partial charge in [0.2, 0.25) is 0 Å². The zero-order valence-electron chi connectivity index (χ0n) is 4.52. The van der Waals surface area contributed by atoms with Crippen molar-refractivity contribution in [3.8, 4) is 0 Å². The average Bonchev–Trinajstić information content (AvgIpc) is 1.35. The van der Waals surface area contributed by atoms with Crippen molar-refractivity contribution in [2.45, 2.75) is 13.8 Å². The molecular formula is C5H7NU. The summed E-state index contributed by atoms with van der Waals surface area (Å²) in [6.07, 6.45) is 4.17. The summed E-state index contributed by atoms with van der Waals surface area (Å²) < 4.78 is 0. The zero-order valence-corrected chi connectivity index (χ0v) is 8.69. The third-order valence-corrected chi connectivity index (χ3v) is 0.353. The number of rotatable bonds is 1. The molecule has 0 saturated heterocycles. The average molecular weight is 319 g/mol. The molecule has 0 bridgehead atoms. The summed E-state index contributed by atoms with van der Waals surface area (Å²) in [6.45, 7) is 3.34. The first-order chi connectivity index (χ1) is 2.77. The second kappa shape index (κ2) is 6.46. The van der Waals surface area contributed by atoms with E-state index in [0.717, 1.165) is 0 Å². The summed E-state index contributed by atoms with van der Waals surface area (Å²) in [5, 5.41) is 8.35. The topological polar surface area (TPSA) is 22.3 Å². The van der Waals surface area contributed by atoms with Crippen molar-refractivity contribution < 1.29 is 31.1 Å². The molecule has 0 aliphatic carbocycles. The molecule has 0 radical (unpaired) electrons. The van der Waals surface area contributed by atoms with Crippen molar-refractivity contribution in [2.24, 2.45) is 0 Å². The van der Waals surface area contributed by atoms with Crippen LogP contribution in [0.1, 0.15) is 13.8 Å². The van der Waals surface area contributed by atoms with Crippen LogP contribution in [-0.4, -0.2) is 5.71 Å². The van der Waals surface area contributed by atoms with Gasteiger partial charge in [-0.25, -0.2) is 0 Å². The number of allylic oxidation sites excluding steroid dienone is 2. The molecule has 0 N–H and O–H groups in total. The molecule has 0 aliphatic rings. The van der Waals surface area contributed by atoms with Gasteiger partial charge in [-0.3, -0.25) is 12.2 Å². The summed E-state index contributed by atoms with van der Waals surface area (Å²) in [6, 6.07) is 0. The van der Waals surface area contributed by atoms with E-state index in [0.29, 0.717) is 5.71 Å². The second-order valence-corrected chi connectivity index (χ2v) is 1.07. The maximum Gasteiger partial charge on any atom is 2.00 e. The minimum Gasteiger partial charge on any atom is -0.908 e. The van der Waals surface area contributed by atoms with Gasteiger partial charge in [0.1, 0.15) is 0 Å². The maximum absolute atomic E-state index is 8.35. The maximum atomic E-state index is 8.35. The van der Waals surface area contributed by atoms with Crippen LogP contribution in [0.3, 0.4) is 0 Å². The standard InChI is InChI=1S/C5H7N.U/c1-3-4-5(2)6;/h4H,1-2H3;/q-2;+2. The largest absolute Gasteiger partial charge is 2.00 e. The van der Waals surface area contributed by atoms with E-state index < -0.39 is 0 Å². The number of nitrogens with zero attached hydrogens (tertiary/aromatic N) is 1. The normalized spacial score (nSPS) is 8.29. The van der Waals surface area contributed by atoms with Crippen LogP contribution in [0.15, 0.2) is 6.08 Å². The first kappa shape index (κ1) is 10.4. The SMILES string of the molecule is C[C-]=CC(C)=[N-].[U+2]. The van der Waals surface area contributed by atoms with E-state index >= 15 is 0 Å². The fraction of sp³-hybridized carbons (Fsp3) is 0.400. The van der Waals surface area contributed by atoms with E-state index in [9.17, 15) is 0 Å². The smallest absolute Gasteiger partial charge is 0.908 e. The molecule has 0 rings (SSSR count). The molecule has 0 amide bonds. The molecule has 0 aliphatic heterocycles. The van der Waals surface area contributed by atoms with Crippen molar-refractivity contribution >= 4 is 5.71 Å².